The molecule has 1 aromatic rings. The SMILES string of the molecule is O=Cc1cc[nH]c(=O)c1B(O)O. The van der Waals surface area contributed by atoms with Crippen LogP contribution in [-0.4, -0.2) is 28.4 Å². The molecule has 0 spiro atoms. The van der Waals surface area contributed by atoms with E-state index in [0.29, 0.717) is 6.29 Å². The summed E-state index contributed by atoms with van der Waals surface area (Å²) in [6, 6.07) is 1.29. The lowest BCUT2D eigenvalue weighted by Crippen LogP contribution is -2.44. The van der Waals surface area contributed by atoms with Crippen LogP contribution in [0.1, 0.15) is 10.4 Å². The number of pyridine rings is 1. The summed E-state index contributed by atoms with van der Waals surface area (Å²) in [4.78, 5) is 23.4. The second kappa shape index (κ2) is 3.33. The minimum Gasteiger partial charge on any atom is -0.423 e. The predicted octanol–water partition coefficient (Wildman–Crippen LogP) is -2.13. The van der Waals surface area contributed by atoms with Gasteiger partial charge in [-0.15, -0.1) is 0 Å². The number of nitrogens with one attached hydrogen (secondary N) is 1. The van der Waals surface area contributed by atoms with E-state index in [2.05, 4.69) is 4.98 Å². The highest BCUT2D eigenvalue weighted by Gasteiger charge is 2.19. The Kier molecular flexibility index (Phi) is 2.42. The van der Waals surface area contributed by atoms with Gasteiger partial charge in [0.1, 0.15) is 6.29 Å². The van der Waals surface area contributed by atoms with Gasteiger partial charge in [0.25, 0.3) is 0 Å². The van der Waals surface area contributed by atoms with Gasteiger partial charge in [-0.1, -0.05) is 0 Å². The molecular formula is C6H6BNO4. The third-order valence-electron chi connectivity index (χ3n) is 1.42. The van der Waals surface area contributed by atoms with Crippen LogP contribution in [0.3, 0.4) is 0 Å². The van der Waals surface area contributed by atoms with Crippen LogP contribution in [0.5, 0.6) is 0 Å². The van der Waals surface area contributed by atoms with Crippen molar-refractivity contribution in [2.45, 2.75) is 0 Å². The molecule has 6 heteroatoms. The second-order valence-electron chi connectivity index (χ2n) is 2.17. The van der Waals surface area contributed by atoms with E-state index in [9.17, 15) is 9.59 Å². The first-order valence-corrected chi connectivity index (χ1v) is 3.19. The Labute approximate surface area is 67.8 Å². The maximum Gasteiger partial charge on any atom is 0.494 e. The van der Waals surface area contributed by atoms with Crippen molar-refractivity contribution in [3.05, 3.63) is 28.2 Å². The molecule has 0 saturated heterocycles. The standard InChI is InChI=1S/C6H6BNO4/c9-3-4-1-2-8-6(10)5(4)7(11)12/h1-3,11-12H,(H,8,10). The fourth-order valence-electron chi connectivity index (χ4n) is 0.875. The van der Waals surface area contributed by atoms with Crippen molar-refractivity contribution in [1.29, 1.82) is 0 Å². The van der Waals surface area contributed by atoms with Gasteiger partial charge in [0.05, 0.1) is 5.46 Å². The maximum absolute atomic E-state index is 10.9. The van der Waals surface area contributed by atoms with E-state index >= 15 is 0 Å². The third kappa shape index (κ3) is 1.44. The molecule has 0 aliphatic rings. The first-order valence-electron chi connectivity index (χ1n) is 3.19. The first kappa shape index (κ1) is 8.70. The van der Waals surface area contributed by atoms with Gasteiger partial charge in [0.2, 0.25) is 5.56 Å². The van der Waals surface area contributed by atoms with Gasteiger partial charge in [0.15, 0.2) is 0 Å². The minimum absolute atomic E-state index is 0.0197. The summed E-state index contributed by atoms with van der Waals surface area (Å²) in [5.41, 5.74) is -1.02. The highest BCUT2D eigenvalue weighted by Crippen LogP contribution is 1.85. The van der Waals surface area contributed by atoms with E-state index in [1.165, 1.54) is 12.3 Å². The number of aldehydes is 1. The van der Waals surface area contributed by atoms with Crippen molar-refractivity contribution in [1.82, 2.24) is 4.98 Å². The van der Waals surface area contributed by atoms with Crippen LogP contribution in [0.25, 0.3) is 0 Å². The summed E-state index contributed by atoms with van der Waals surface area (Å²) in [6.45, 7) is 0. The van der Waals surface area contributed by atoms with E-state index in [0.717, 1.165) is 0 Å². The van der Waals surface area contributed by atoms with Crippen LogP contribution in [0.4, 0.5) is 0 Å². The Bertz CT molecular complexity index is 346. The number of H-pyrrole nitrogens is 1. The molecule has 1 rings (SSSR count). The molecule has 0 unspecified atom stereocenters. The lowest BCUT2D eigenvalue weighted by atomic mass is 9.78. The number of hydrogen-bond donors (Lipinski definition) is 3. The summed E-state index contributed by atoms with van der Waals surface area (Å²) in [6.07, 6.45) is 1.65. The molecule has 1 aromatic heterocycles. The lowest BCUT2D eigenvalue weighted by Gasteiger charge is -1.99. The van der Waals surface area contributed by atoms with E-state index in [1.807, 2.05) is 0 Å². The number of aromatic nitrogens is 1. The molecule has 62 valence electrons. The zero-order chi connectivity index (χ0) is 9.14. The van der Waals surface area contributed by atoms with Crippen LogP contribution in [0.15, 0.2) is 17.1 Å². The molecule has 0 atom stereocenters. The molecule has 1 heterocycles. The number of carbonyl (C=O) groups excluding carboxylic acids is 1. The normalized spacial score (nSPS) is 9.50. The summed E-state index contributed by atoms with van der Waals surface area (Å²) < 4.78 is 0. The van der Waals surface area contributed by atoms with E-state index in [-0.39, 0.29) is 11.0 Å². The zero-order valence-corrected chi connectivity index (χ0v) is 6.02. The molecule has 5 nitrogen and oxygen atoms in total. The Morgan fingerprint density at radius 1 is 1.50 bits per heavy atom. The molecule has 0 amide bonds. The number of hydrogen-bond acceptors (Lipinski definition) is 4. The Morgan fingerprint density at radius 3 is 2.58 bits per heavy atom. The predicted molar refractivity (Wildman–Crippen MR) is 42.3 cm³/mol. The molecule has 0 aliphatic carbocycles. The van der Waals surface area contributed by atoms with Gasteiger partial charge >= 0.3 is 7.12 Å². The van der Waals surface area contributed by atoms with E-state index in [1.54, 1.807) is 0 Å². The monoisotopic (exact) mass is 167 g/mol. The molecule has 12 heavy (non-hydrogen) atoms. The fraction of sp³-hybridized carbons (Fsp3) is 0. The first-order chi connectivity index (χ1) is 5.66. The van der Waals surface area contributed by atoms with Gasteiger partial charge in [-0.3, -0.25) is 9.59 Å². The highest BCUT2D eigenvalue weighted by atomic mass is 16.4. The van der Waals surface area contributed by atoms with Crippen molar-refractivity contribution >= 4 is 18.9 Å². The second-order valence-corrected chi connectivity index (χ2v) is 2.17. The van der Waals surface area contributed by atoms with Gasteiger partial charge in [-0.2, -0.15) is 0 Å². The third-order valence-corrected chi connectivity index (χ3v) is 1.42. The van der Waals surface area contributed by atoms with Gasteiger partial charge in [0, 0.05) is 11.8 Å². The number of carbonyl (C=O) groups is 1. The van der Waals surface area contributed by atoms with Crippen LogP contribution < -0.4 is 11.0 Å². The van der Waals surface area contributed by atoms with Crippen LogP contribution in [0, 0.1) is 0 Å². The summed E-state index contributed by atoms with van der Waals surface area (Å²) in [5, 5.41) is 17.4. The number of aromatic amines is 1. The summed E-state index contributed by atoms with van der Waals surface area (Å²) >= 11 is 0. The molecule has 0 radical (unpaired) electrons. The van der Waals surface area contributed by atoms with Crippen molar-refractivity contribution in [2.24, 2.45) is 0 Å². The van der Waals surface area contributed by atoms with Crippen molar-refractivity contribution in [3.8, 4) is 0 Å². The fourth-order valence-corrected chi connectivity index (χ4v) is 0.875. The Morgan fingerprint density at radius 2 is 2.17 bits per heavy atom. The van der Waals surface area contributed by atoms with E-state index in [4.69, 9.17) is 10.0 Å². The average Bonchev–Trinajstić information content (AvgIpc) is 2.03. The van der Waals surface area contributed by atoms with Crippen LogP contribution in [0.2, 0.25) is 0 Å². The topological polar surface area (TPSA) is 90.4 Å². The Hall–Kier alpha value is -1.40. The van der Waals surface area contributed by atoms with Crippen molar-refractivity contribution in [3.63, 3.8) is 0 Å². The largest absolute Gasteiger partial charge is 0.494 e. The number of rotatable bonds is 2. The van der Waals surface area contributed by atoms with Gasteiger partial charge in [-0.05, 0) is 6.07 Å². The van der Waals surface area contributed by atoms with E-state index < -0.39 is 12.7 Å². The molecular weight excluding hydrogens is 161 g/mol. The lowest BCUT2D eigenvalue weighted by molar-refractivity contribution is 0.112. The van der Waals surface area contributed by atoms with Gasteiger partial charge in [-0.25, -0.2) is 0 Å². The minimum atomic E-state index is -1.92. The molecule has 0 fully saturated rings. The van der Waals surface area contributed by atoms with Crippen LogP contribution >= 0.6 is 0 Å². The summed E-state index contributed by atoms with van der Waals surface area (Å²) in [5.74, 6) is 0. The quantitative estimate of drug-likeness (QED) is 0.346. The molecule has 0 aromatic carbocycles. The molecule has 3 N–H and O–H groups in total. The molecule has 0 saturated carbocycles. The summed E-state index contributed by atoms with van der Waals surface area (Å²) in [7, 11) is -1.92. The smallest absolute Gasteiger partial charge is 0.423 e. The maximum atomic E-state index is 10.9. The van der Waals surface area contributed by atoms with Crippen molar-refractivity contribution in [2.75, 3.05) is 0 Å². The van der Waals surface area contributed by atoms with Crippen molar-refractivity contribution < 1.29 is 14.8 Å². The zero-order valence-electron chi connectivity index (χ0n) is 6.02. The molecule has 0 bridgehead atoms. The average molecular weight is 167 g/mol. The van der Waals surface area contributed by atoms with Crippen LogP contribution in [-0.2, 0) is 0 Å². The molecule has 0 aliphatic heterocycles. The highest BCUT2D eigenvalue weighted by molar-refractivity contribution is 6.59. The van der Waals surface area contributed by atoms with Gasteiger partial charge < -0.3 is 15.0 Å². The Balaban J connectivity index is 3.39.